The number of benzene rings is 1. The molecular weight excluding hydrogens is 326 g/mol. The summed E-state index contributed by atoms with van der Waals surface area (Å²) in [6.45, 7) is 4.13. The lowest BCUT2D eigenvalue weighted by Gasteiger charge is -2.46. The van der Waals surface area contributed by atoms with Gasteiger partial charge in [-0.1, -0.05) is 6.07 Å². The molecule has 0 bridgehead atoms. The van der Waals surface area contributed by atoms with Gasteiger partial charge >= 0.3 is 0 Å². The molecule has 5 nitrogen and oxygen atoms in total. The number of hydrogen-bond acceptors (Lipinski definition) is 5. The summed E-state index contributed by atoms with van der Waals surface area (Å²) in [5.41, 5.74) is 11.7. The van der Waals surface area contributed by atoms with Crippen molar-refractivity contribution in [2.24, 2.45) is 5.73 Å². The number of rotatable bonds is 3. The third-order valence-electron chi connectivity index (χ3n) is 5.96. The van der Waals surface area contributed by atoms with Crippen LogP contribution in [0.4, 0.5) is 0 Å². The van der Waals surface area contributed by atoms with E-state index in [2.05, 4.69) is 35.0 Å². The van der Waals surface area contributed by atoms with Crippen molar-refractivity contribution in [1.29, 1.82) is 0 Å². The highest BCUT2D eigenvalue weighted by Gasteiger charge is 2.39. The van der Waals surface area contributed by atoms with Crippen LogP contribution in [0.3, 0.4) is 0 Å². The first-order valence-electron chi connectivity index (χ1n) is 9.28. The van der Waals surface area contributed by atoms with Crippen LogP contribution in [0.5, 0.6) is 11.5 Å². The number of aryl methyl sites for hydroxylation is 1. The molecule has 1 fully saturated rings. The first-order valence-corrected chi connectivity index (χ1v) is 9.28. The second kappa shape index (κ2) is 6.89. The molecule has 138 valence electrons. The number of hydrogen-bond donors (Lipinski definition) is 1. The highest BCUT2D eigenvalue weighted by molar-refractivity contribution is 5.49. The van der Waals surface area contributed by atoms with Gasteiger partial charge in [0.2, 0.25) is 0 Å². The minimum absolute atomic E-state index is 0.101. The van der Waals surface area contributed by atoms with Crippen molar-refractivity contribution >= 4 is 0 Å². The van der Waals surface area contributed by atoms with Crippen LogP contribution in [0.1, 0.15) is 40.8 Å². The summed E-state index contributed by atoms with van der Waals surface area (Å²) in [5, 5.41) is 0. The normalized spacial score (nSPS) is 25.3. The summed E-state index contributed by atoms with van der Waals surface area (Å²) in [5.74, 6) is 1.89. The highest BCUT2D eigenvalue weighted by Crippen LogP contribution is 2.44. The molecule has 3 atom stereocenters. The molecule has 5 heteroatoms. The van der Waals surface area contributed by atoms with Gasteiger partial charge < -0.3 is 15.2 Å². The van der Waals surface area contributed by atoms with Gasteiger partial charge in [0.25, 0.3) is 0 Å². The predicted octanol–water partition coefficient (Wildman–Crippen LogP) is 2.82. The van der Waals surface area contributed by atoms with Crippen molar-refractivity contribution in [3.8, 4) is 11.5 Å². The summed E-state index contributed by atoms with van der Waals surface area (Å²) in [4.78, 5) is 7.21. The molecular formula is C21H27N3O2. The second-order valence-corrected chi connectivity index (χ2v) is 7.38. The predicted molar refractivity (Wildman–Crippen MR) is 102 cm³/mol. The van der Waals surface area contributed by atoms with Crippen LogP contribution in [-0.2, 0) is 6.42 Å². The molecule has 2 N–H and O–H groups in total. The standard InChI is InChI=1S/C21H27N3O2/c1-13-5-4-7-23-21(13)16-12-24-8-6-14-9-19(25-2)20(26-3)10-15(14)18(24)11-17(16)22/h4-5,7,9-10,16-18H,6,8,11-12,22H2,1-3H3/t16-,17-,18-/m0/s1. The molecule has 2 aromatic rings. The molecule has 3 heterocycles. The van der Waals surface area contributed by atoms with E-state index in [1.165, 1.54) is 16.7 Å². The summed E-state index contributed by atoms with van der Waals surface area (Å²) >= 11 is 0. The summed E-state index contributed by atoms with van der Waals surface area (Å²) < 4.78 is 11.0. The first kappa shape index (κ1) is 17.3. The zero-order chi connectivity index (χ0) is 18.3. The van der Waals surface area contributed by atoms with Gasteiger partial charge in [0.05, 0.1) is 14.2 Å². The topological polar surface area (TPSA) is 60.6 Å². The molecule has 26 heavy (non-hydrogen) atoms. The summed E-state index contributed by atoms with van der Waals surface area (Å²) in [6, 6.07) is 8.84. The fourth-order valence-electron chi connectivity index (χ4n) is 4.56. The van der Waals surface area contributed by atoms with Gasteiger partial charge in [-0.3, -0.25) is 9.88 Å². The number of ether oxygens (including phenoxy) is 2. The Kier molecular flexibility index (Phi) is 4.59. The van der Waals surface area contributed by atoms with Crippen LogP contribution < -0.4 is 15.2 Å². The van der Waals surface area contributed by atoms with Gasteiger partial charge in [0, 0.05) is 43.0 Å². The third-order valence-corrected chi connectivity index (χ3v) is 5.96. The van der Waals surface area contributed by atoms with E-state index in [4.69, 9.17) is 15.2 Å². The van der Waals surface area contributed by atoms with Crippen molar-refractivity contribution in [3.05, 3.63) is 52.8 Å². The molecule has 0 amide bonds. The number of aromatic nitrogens is 1. The maximum Gasteiger partial charge on any atom is 0.161 e. The lowest BCUT2D eigenvalue weighted by molar-refractivity contribution is 0.108. The van der Waals surface area contributed by atoms with E-state index in [1.54, 1.807) is 14.2 Å². The molecule has 1 aromatic carbocycles. The van der Waals surface area contributed by atoms with Gasteiger partial charge in [-0.25, -0.2) is 0 Å². The second-order valence-electron chi connectivity index (χ2n) is 7.38. The molecule has 1 saturated heterocycles. The Morgan fingerprint density at radius 3 is 2.69 bits per heavy atom. The molecule has 0 saturated carbocycles. The molecule has 0 unspecified atom stereocenters. The maximum atomic E-state index is 6.65. The molecule has 1 aromatic heterocycles. The van der Waals surface area contributed by atoms with Crippen molar-refractivity contribution in [3.63, 3.8) is 0 Å². The molecule has 2 aliphatic heterocycles. The quantitative estimate of drug-likeness (QED) is 0.919. The SMILES string of the molecule is COc1cc2c(cc1OC)[C@@H]1C[C@H](N)[C@@H](c3ncccc3C)CN1CC2. The van der Waals surface area contributed by atoms with E-state index in [1.807, 2.05) is 12.3 Å². The Morgan fingerprint density at radius 1 is 1.19 bits per heavy atom. The molecule has 0 spiro atoms. The monoisotopic (exact) mass is 353 g/mol. The lowest BCUT2D eigenvalue weighted by atomic mass is 9.79. The Bertz CT molecular complexity index is 808. The Labute approximate surface area is 155 Å². The fraction of sp³-hybridized carbons (Fsp3) is 0.476. The largest absolute Gasteiger partial charge is 0.493 e. The first-order chi connectivity index (χ1) is 12.6. The average molecular weight is 353 g/mol. The van der Waals surface area contributed by atoms with Gasteiger partial charge in [-0.05, 0) is 54.7 Å². The fourth-order valence-corrected chi connectivity index (χ4v) is 4.56. The van der Waals surface area contributed by atoms with Crippen LogP contribution in [0.25, 0.3) is 0 Å². The zero-order valence-electron chi connectivity index (χ0n) is 15.7. The minimum atomic E-state index is 0.101. The van der Waals surface area contributed by atoms with Crippen LogP contribution in [-0.4, -0.2) is 43.2 Å². The van der Waals surface area contributed by atoms with Crippen LogP contribution in [0.15, 0.2) is 30.5 Å². The van der Waals surface area contributed by atoms with Crippen LogP contribution in [0, 0.1) is 6.92 Å². The highest BCUT2D eigenvalue weighted by atomic mass is 16.5. The van der Waals surface area contributed by atoms with Crippen LogP contribution in [0.2, 0.25) is 0 Å². The van der Waals surface area contributed by atoms with E-state index in [-0.39, 0.29) is 12.0 Å². The molecule has 4 rings (SSSR count). The van der Waals surface area contributed by atoms with E-state index < -0.39 is 0 Å². The van der Waals surface area contributed by atoms with Crippen molar-refractivity contribution < 1.29 is 9.47 Å². The van der Waals surface area contributed by atoms with E-state index in [0.29, 0.717) is 6.04 Å². The van der Waals surface area contributed by atoms with E-state index >= 15 is 0 Å². The number of nitrogens with two attached hydrogens (primary N) is 1. The lowest BCUT2D eigenvalue weighted by Crippen LogP contribution is -2.50. The minimum Gasteiger partial charge on any atom is -0.493 e. The Balaban J connectivity index is 1.66. The van der Waals surface area contributed by atoms with Crippen LogP contribution >= 0.6 is 0 Å². The maximum absolute atomic E-state index is 6.65. The van der Waals surface area contributed by atoms with Gasteiger partial charge in [0.15, 0.2) is 11.5 Å². The number of methoxy groups -OCH3 is 2. The Hall–Kier alpha value is -2.11. The third kappa shape index (κ3) is 2.85. The summed E-state index contributed by atoms with van der Waals surface area (Å²) in [6.07, 6.45) is 3.84. The van der Waals surface area contributed by atoms with Gasteiger partial charge in [0.1, 0.15) is 0 Å². The number of piperidine rings is 1. The number of fused-ring (bicyclic) bond motifs is 3. The summed E-state index contributed by atoms with van der Waals surface area (Å²) in [7, 11) is 3.38. The van der Waals surface area contributed by atoms with Crippen molar-refractivity contribution in [2.45, 2.75) is 37.8 Å². The van der Waals surface area contributed by atoms with Crippen molar-refractivity contribution in [2.75, 3.05) is 27.3 Å². The molecule has 0 aliphatic carbocycles. The zero-order valence-corrected chi connectivity index (χ0v) is 15.7. The number of nitrogens with zero attached hydrogens (tertiary/aromatic N) is 2. The smallest absolute Gasteiger partial charge is 0.161 e. The van der Waals surface area contributed by atoms with E-state index in [9.17, 15) is 0 Å². The van der Waals surface area contributed by atoms with Gasteiger partial charge in [-0.15, -0.1) is 0 Å². The molecule has 2 aliphatic rings. The molecule has 0 radical (unpaired) electrons. The van der Waals surface area contributed by atoms with Gasteiger partial charge in [-0.2, -0.15) is 0 Å². The van der Waals surface area contributed by atoms with E-state index in [0.717, 1.165) is 43.1 Å². The van der Waals surface area contributed by atoms with Crippen molar-refractivity contribution in [1.82, 2.24) is 9.88 Å². The average Bonchev–Trinajstić information content (AvgIpc) is 2.67. The number of pyridine rings is 1. The Morgan fingerprint density at radius 2 is 1.96 bits per heavy atom.